The SMILES string of the molecule is Cc1ccc(OCC(CO)c2ccccc2O)cc1. The van der Waals surface area contributed by atoms with Gasteiger partial charge in [-0.2, -0.15) is 0 Å². The molecule has 0 fully saturated rings. The first-order chi connectivity index (χ1) is 9.20. The molecule has 2 N–H and O–H groups in total. The Kier molecular flexibility index (Phi) is 4.42. The third-order valence-corrected chi connectivity index (χ3v) is 3.07. The Hall–Kier alpha value is -2.00. The number of benzene rings is 2. The van der Waals surface area contributed by atoms with E-state index in [0.717, 1.165) is 5.75 Å². The van der Waals surface area contributed by atoms with Gasteiger partial charge in [0.05, 0.1) is 13.2 Å². The van der Waals surface area contributed by atoms with Gasteiger partial charge in [0.25, 0.3) is 0 Å². The second kappa shape index (κ2) is 6.25. The first kappa shape index (κ1) is 13.4. The molecular formula is C16H18O3. The van der Waals surface area contributed by atoms with Crippen molar-refractivity contribution in [2.75, 3.05) is 13.2 Å². The first-order valence-corrected chi connectivity index (χ1v) is 6.29. The summed E-state index contributed by atoms with van der Waals surface area (Å²) in [5, 5.41) is 19.2. The molecule has 1 unspecified atom stereocenters. The zero-order valence-corrected chi connectivity index (χ0v) is 10.9. The van der Waals surface area contributed by atoms with Gasteiger partial charge in [0.2, 0.25) is 0 Å². The van der Waals surface area contributed by atoms with Crippen LogP contribution in [0.15, 0.2) is 48.5 Å². The molecule has 3 heteroatoms. The van der Waals surface area contributed by atoms with Crippen molar-refractivity contribution in [3.05, 3.63) is 59.7 Å². The van der Waals surface area contributed by atoms with Crippen LogP contribution in [0, 0.1) is 6.92 Å². The molecule has 0 aliphatic carbocycles. The minimum atomic E-state index is -0.234. The van der Waals surface area contributed by atoms with Gasteiger partial charge in [-0.1, -0.05) is 35.9 Å². The smallest absolute Gasteiger partial charge is 0.119 e. The highest BCUT2D eigenvalue weighted by Gasteiger charge is 2.15. The number of aryl methyl sites for hydroxylation is 1. The van der Waals surface area contributed by atoms with E-state index < -0.39 is 0 Å². The first-order valence-electron chi connectivity index (χ1n) is 6.29. The summed E-state index contributed by atoms with van der Waals surface area (Å²) in [7, 11) is 0. The number of phenols is 1. The van der Waals surface area contributed by atoms with Crippen molar-refractivity contribution < 1.29 is 14.9 Å². The number of para-hydroxylation sites is 1. The average Bonchev–Trinajstić information content (AvgIpc) is 2.43. The second-order valence-electron chi connectivity index (χ2n) is 4.56. The van der Waals surface area contributed by atoms with Gasteiger partial charge >= 0.3 is 0 Å². The number of ether oxygens (including phenoxy) is 1. The molecule has 0 bridgehead atoms. The van der Waals surface area contributed by atoms with Gasteiger partial charge in [-0.05, 0) is 25.1 Å². The third-order valence-electron chi connectivity index (χ3n) is 3.07. The Balaban J connectivity index is 2.04. The molecule has 2 aromatic carbocycles. The van der Waals surface area contributed by atoms with Crippen LogP contribution in [0.25, 0.3) is 0 Å². The normalized spacial score (nSPS) is 12.1. The van der Waals surface area contributed by atoms with Crippen LogP contribution in [0.3, 0.4) is 0 Å². The molecule has 19 heavy (non-hydrogen) atoms. The summed E-state index contributed by atoms with van der Waals surface area (Å²) in [5.41, 5.74) is 1.88. The van der Waals surface area contributed by atoms with E-state index in [-0.39, 0.29) is 18.3 Å². The molecule has 0 saturated carbocycles. The van der Waals surface area contributed by atoms with E-state index in [1.165, 1.54) is 5.56 Å². The number of rotatable bonds is 5. The molecule has 2 aromatic rings. The van der Waals surface area contributed by atoms with Crippen molar-refractivity contribution in [2.24, 2.45) is 0 Å². The van der Waals surface area contributed by atoms with Crippen molar-refractivity contribution >= 4 is 0 Å². The molecule has 0 spiro atoms. The van der Waals surface area contributed by atoms with Gasteiger partial charge in [0, 0.05) is 11.5 Å². The van der Waals surface area contributed by atoms with Crippen molar-refractivity contribution in [2.45, 2.75) is 12.8 Å². The van der Waals surface area contributed by atoms with Crippen LogP contribution in [-0.2, 0) is 0 Å². The fourth-order valence-corrected chi connectivity index (χ4v) is 1.90. The number of aliphatic hydroxyl groups excluding tert-OH is 1. The number of hydrogen-bond acceptors (Lipinski definition) is 3. The Labute approximate surface area is 113 Å². The Bertz CT molecular complexity index is 520. The van der Waals surface area contributed by atoms with E-state index in [9.17, 15) is 10.2 Å². The predicted octanol–water partition coefficient (Wildman–Crippen LogP) is 2.86. The molecule has 0 amide bonds. The largest absolute Gasteiger partial charge is 0.508 e. The Morgan fingerprint density at radius 2 is 1.74 bits per heavy atom. The molecule has 1 atom stereocenters. The van der Waals surface area contributed by atoms with Gasteiger partial charge in [-0.15, -0.1) is 0 Å². The fraction of sp³-hybridized carbons (Fsp3) is 0.250. The molecule has 0 aromatic heterocycles. The van der Waals surface area contributed by atoms with Crippen LogP contribution in [-0.4, -0.2) is 23.4 Å². The fourth-order valence-electron chi connectivity index (χ4n) is 1.90. The number of phenolic OH excluding ortho intramolecular Hbond substituents is 1. The van der Waals surface area contributed by atoms with Crippen LogP contribution in [0.4, 0.5) is 0 Å². The van der Waals surface area contributed by atoms with Crippen molar-refractivity contribution in [3.63, 3.8) is 0 Å². The minimum absolute atomic E-state index is 0.0660. The van der Waals surface area contributed by atoms with E-state index >= 15 is 0 Å². The number of aliphatic hydroxyl groups is 1. The van der Waals surface area contributed by atoms with Crippen LogP contribution < -0.4 is 4.74 Å². The maximum Gasteiger partial charge on any atom is 0.119 e. The molecule has 0 aliphatic heterocycles. The van der Waals surface area contributed by atoms with E-state index in [2.05, 4.69) is 0 Å². The van der Waals surface area contributed by atoms with Crippen molar-refractivity contribution in [1.82, 2.24) is 0 Å². The summed E-state index contributed by atoms with van der Waals surface area (Å²) >= 11 is 0. The predicted molar refractivity (Wildman–Crippen MR) is 74.6 cm³/mol. The topological polar surface area (TPSA) is 49.7 Å². The molecule has 0 heterocycles. The molecular weight excluding hydrogens is 240 g/mol. The highest BCUT2D eigenvalue weighted by Crippen LogP contribution is 2.26. The molecule has 2 rings (SSSR count). The quantitative estimate of drug-likeness (QED) is 0.867. The maximum atomic E-state index is 9.78. The monoisotopic (exact) mass is 258 g/mol. The van der Waals surface area contributed by atoms with Crippen molar-refractivity contribution in [3.8, 4) is 11.5 Å². The lowest BCUT2D eigenvalue weighted by molar-refractivity contribution is 0.203. The van der Waals surface area contributed by atoms with E-state index in [1.54, 1.807) is 18.2 Å². The summed E-state index contributed by atoms with van der Waals surface area (Å²) < 4.78 is 5.65. The van der Waals surface area contributed by atoms with Gasteiger partial charge in [-0.25, -0.2) is 0 Å². The van der Waals surface area contributed by atoms with E-state index in [0.29, 0.717) is 12.2 Å². The molecule has 0 aliphatic rings. The number of hydrogen-bond donors (Lipinski definition) is 2. The van der Waals surface area contributed by atoms with Gasteiger partial charge in [0.1, 0.15) is 11.5 Å². The summed E-state index contributed by atoms with van der Waals surface area (Å²) in [6.07, 6.45) is 0. The molecule has 100 valence electrons. The second-order valence-corrected chi connectivity index (χ2v) is 4.56. The summed E-state index contributed by atoms with van der Waals surface area (Å²) in [4.78, 5) is 0. The highest BCUT2D eigenvalue weighted by atomic mass is 16.5. The van der Waals surface area contributed by atoms with Gasteiger partial charge < -0.3 is 14.9 Å². The van der Waals surface area contributed by atoms with Gasteiger partial charge in [0.15, 0.2) is 0 Å². The molecule has 3 nitrogen and oxygen atoms in total. The average molecular weight is 258 g/mol. The van der Waals surface area contributed by atoms with Crippen LogP contribution in [0.5, 0.6) is 11.5 Å². The Morgan fingerprint density at radius 1 is 1.05 bits per heavy atom. The maximum absolute atomic E-state index is 9.78. The zero-order chi connectivity index (χ0) is 13.7. The highest BCUT2D eigenvalue weighted by molar-refractivity contribution is 5.35. The van der Waals surface area contributed by atoms with Crippen molar-refractivity contribution in [1.29, 1.82) is 0 Å². The molecule has 0 radical (unpaired) electrons. The summed E-state index contributed by atoms with van der Waals surface area (Å²) in [6, 6.07) is 14.8. The molecule has 0 saturated heterocycles. The minimum Gasteiger partial charge on any atom is -0.508 e. The van der Waals surface area contributed by atoms with Gasteiger partial charge in [-0.3, -0.25) is 0 Å². The Morgan fingerprint density at radius 3 is 2.37 bits per heavy atom. The van der Waals surface area contributed by atoms with E-state index in [4.69, 9.17) is 4.74 Å². The third kappa shape index (κ3) is 3.48. The lowest BCUT2D eigenvalue weighted by atomic mass is 10.00. The van der Waals surface area contributed by atoms with Crippen LogP contribution in [0.1, 0.15) is 17.0 Å². The summed E-state index contributed by atoms with van der Waals surface area (Å²) in [6.45, 7) is 2.28. The van der Waals surface area contributed by atoms with E-state index in [1.807, 2.05) is 37.3 Å². The van der Waals surface area contributed by atoms with Crippen LogP contribution >= 0.6 is 0 Å². The number of aromatic hydroxyl groups is 1. The lowest BCUT2D eigenvalue weighted by Gasteiger charge is -2.17. The van der Waals surface area contributed by atoms with Crippen LogP contribution in [0.2, 0.25) is 0 Å². The summed E-state index contributed by atoms with van der Waals surface area (Å²) in [5.74, 6) is 0.719. The standard InChI is InChI=1S/C16H18O3/c1-12-6-8-14(9-7-12)19-11-13(10-17)15-4-2-3-5-16(15)18/h2-9,13,17-18H,10-11H2,1H3. The lowest BCUT2D eigenvalue weighted by Crippen LogP contribution is -2.14. The zero-order valence-electron chi connectivity index (χ0n) is 10.9.